The van der Waals surface area contributed by atoms with Gasteiger partial charge < -0.3 is 19.9 Å². The summed E-state index contributed by atoms with van der Waals surface area (Å²) in [7, 11) is 2.69. The van der Waals surface area contributed by atoms with E-state index < -0.39 is 22.3 Å². The molecule has 27 heavy (non-hydrogen) atoms. The molecule has 138 valence electrons. The molecule has 0 bridgehead atoms. The number of nitro benzene ring substituents is 1. The molecule has 0 unspecified atom stereocenters. The molecule has 2 rings (SSSR count). The van der Waals surface area contributed by atoms with E-state index in [2.05, 4.69) is 5.32 Å². The Balaban J connectivity index is 2.34. The zero-order valence-electron chi connectivity index (χ0n) is 14.4. The van der Waals surface area contributed by atoms with Crippen molar-refractivity contribution >= 4 is 23.4 Å². The van der Waals surface area contributed by atoms with Gasteiger partial charge in [0.2, 0.25) is 0 Å². The highest BCUT2D eigenvalue weighted by Gasteiger charge is 2.15. The topological polar surface area (TPSA) is 138 Å². The molecule has 0 radical (unpaired) electrons. The molecule has 1 N–H and O–H groups in total. The number of ether oxygens (including phenoxy) is 2. The maximum Gasteiger partial charge on any atom is 0.266 e. The minimum absolute atomic E-state index is 0.111. The maximum absolute atomic E-state index is 12.3. The maximum atomic E-state index is 12.3. The molecule has 1 amide bonds. The van der Waals surface area contributed by atoms with E-state index in [1.807, 2.05) is 0 Å². The second kappa shape index (κ2) is 8.35. The molecular weight excluding hydrogens is 354 g/mol. The van der Waals surface area contributed by atoms with Gasteiger partial charge in [-0.15, -0.1) is 0 Å². The van der Waals surface area contributed by atoms with Crippen LogP contribution in [0.1, 0.15) is 5.56 Å². The van der Waals surface area contributed by atoms with E-state index in [0.29, 0.717) is 11.4 Å². The largest absolute Gasteiger partial charge is 0.865 e. The predicted molar refractivity (Wildman–Crippen MR) is 94.3 cm³/mol. The lowest BCUT2D eigenvalue weighted by molar-refractivity contribution is -0.398. The van der Waals surface area contributed by atoms with Crippen LogP contribution in [0.15, 0.2) is 42.0 Å². The molecule has 0 aromatic heterocycles. The standard InChI is InChI=1S/C18H15N3O6/c1-26-14-5-3-13(4-6-14)20-18(23)12(10-19)7-11-8-15(21(24)25)17(22)16(9-11)27-2/h3-9,22H,1-2H3,(H,20,23)/p-1/b12-7-. The Morgan fingerprint density at radius 2 is 1.89 bits per heavy atom. The van der Waals surface area contributed by atoms with Gasteiger partial charge in [0, 0.05) is 17.5 Å². The number of anilines is 1. The fourth-order valence-corrected chi connectivity index (χ4v) is 2.17. The second-order valence-corrected chi connectivity index (χ2v) is 5.18. The third-order valence-electron chi connectivity index (χ3n) is 3.50. The molecule has 0 spiro atoms. The Morgan fingerprint density at radius 1 is 1.22 bits per heavy atom. The summed E-state index contributed by atoms with van der Waals surface area (Å²) in [4.78, 5) is 22.4. The minimum atomic E-state index is -0.888. The number of amides is 1. The lowest BCUT2D eigenvalue weighted by Gasteiger charge is -2.13. The van der Waals surface area contributed by atoms with Gasteiger partial charge >= 0.3 is 0 Å². The van der Waals surface area contributed by atoms with Gasteiger partial charge in [-0.2, -0.15) is 5.26 Å². The first kappa shape index (κ1) is 19.3. The molecule has 0 aliphatic heterocycles. The summed E-state index contributed by atoms with van der Waals surface area (Å²) in [5.41, 5.74) is -0.478. The van der Waals surface area contributed by atoms with E-state index in [1.54, 1.807) is 30.3 Å². The van der Waals surface area contributed by atoms with Gasteiger partial charge in [0.1, 0.15) is 23.1 Å². The highest BCUT2D eigenvalue weighted by molar-refractivity contribution is 6.09. The van der Waals surface area contributed by atoms with Crippen molar-refractivity contribution in [2.24, 2.45) is 0 Å². The third kappa shape index (κ3) is 4.52. The summed E-state index contributed by atoms with van der Waals surface area (Å²) in [6, 6.07) is 10.4. The molecule has 9 heteroatoms. The van der Waals surface area contributed by atoms with Crippen LogP contribution in [0.5, 0.6) is 17.2 Å². The Bertz CT molecular complexity index is 945. The highest BCUT2D eigenvalue weighted by atomic mass is 16.6. The first-order valence-electron chi connectivity index (χ1n) is 7.50. The molecule has 0 saturated heterocycles. The number of rotatable bonds is 6. The first-order valence-corrected chi connectivity index (χ1v) is 7.50. The number of benzene rings is 2. The van der Waals surface area contributed by atoms with Crippen molar-refractivity contribution in [2.45, 2.75) is 0 Å². The summed E-state index contributed by atoms with van der Waals surface area (Å²) >= 11 is 0. The molecule has 9 nitrogen and oxygen atoms in total. The lowest BCUT2D eigenvalue weighted by Crippen LogP contribution is -2.13. The number of nitrogens with zero attached hydrogens (tertiary/aromatic N) is 2. The fraction of sp³-hybridized carbons (Fsp3) is 0.111. The summed E-state index contributed by atoms with van der Waals surface area (Å²) in [6.07, 6.45) is 1.13. The summed E-state index contributed by atoms with van der Waals surface area (Å²) in [5, 5.41) is 34.6. The monoisotopic (exact) mass is 368 g/mol. The van der Waals surface area contributed by atoms with E-state index >= 15 is 0 Å². The number of hydrogen-bond donors (Lipinski definition) is 1. The number of carbonyl (C=O) groups is 1. The third-order valence-corrected chi connectivity index (χ3v) is 3.50. The first-order chi connectivity index (χ1) is 12.9. The van der Waals surface area contributed by atoms with Crippen molar-refractivity contribution in [3.63, 3.8) is 0 Å². The van der Waals surface area contributed by atoms with Gasteiger partial charge in [0.05, 0.1) is 19.1 Å². The Kier molecular flexibility index (Phi) is 5.96. The van der Waals surface area contributed by atoms with Gasteiger partial charge in [0.25, 0.3) is 11.6 Å². The summed E-state index contributed by atoms with van der Waals surface area (Å²) < 4.78 is 9.84. The van der Waals surface area contributed by atoms with Crippen molar-refractivity contribution in [1.29, 1.82) is 5.26 Å². The van der Waals surface area contributed by atoms with Crippen LogP contribution in [0, 0.1) is 21.4 Å². The van der Waals surface area contributed by atoms with Gasteiger partial charge in [-0.3, -0.25) is 14.9 Å². The van der Waals surface area contributed by atoms with Crippen LogP contribution < -0.4 is 19.9 Å². The molecule has 0 heterocycles. The van der Waals surface area contributed by atoms with Gasteiger partial charge in [0.15, 0.2) is 0 Å². The SMILES string of the molecule is COc1ccc(NC(=O)/C(C#N)=C\c2cc(OC)c([O-])c([N+](=O)[O-])c2)cc1. The molecule has 2 aromatic rings. The van der Waals surface area contributed by atoms with Crippen molar-refractivity contribution in [2.75, 3.05) is 19.5 Å². The van der Waals surface area contributed by atoms with E-state index in [1.165, 1.54) is 20.3 Å². The zero-order valence-corrected chi connectivity index (χ0v) is 14.4. The quantitative estimate of drug-likeness (QED) is 0.357. The van der Waals surface area contributed by atoms with E-state index in [9.17, 15) is 25.3 Å². The zero-order chi connectivity index (χ0) is 20.0. The van der Waals surface area contributed by atoms with Gasteiger partial charge in [-0.05, 0) is 42.0 Å². The Hall–Kier alpha value is -4.06. The smallest absolute Gasteiger partial charge is 0.266 e. The van der Waals surface area contributed by atoms with E-state index in [-0.39, 0.29) is 16.9 Å². The van der Waals surface area contributed by atoms with Gasteiger partial charge in [-0.1, -0.05) is 0 Å². The molecule has 2 aromatic carbocycles. The summed E-state index contributed by atoms with van der Waals surface area (Å²) in [5.74, 6) is -1.26. The second-order valence-electron chi connectivity index (χ2n) is 5.18. The van der Waals surface area contributed by atoms with Crippen molar-refractivity contribution < 1.29 is 24.3 Å². The fourth-order valence-electron chi connectivity index (χ4n) is 2.17. The summed E-state index contributed by atoms with van der Waals surface area (Å²) in [6.45, 7) is 0. The van der Waals surface area contributed by atoms with Crippen LogP contribution in [0.25, 0.3) is 6.08 Å². The van der Waals surface area contributed by atoms with Crippen molar-refractivity contribution in [3.05, 3.63) is 57.6 Å². The van der Waals surface area contributed by atoms with Gasteiger partial charge in [-0.25, -0.2) is 0 Å². The van der Waals surface area contributed by atoms with Crippen LogP contribution >= 0.6 is 0 Å². The highest BCUT2D eigenvalue weighted by Crippen LogP contribution is 2.35. The molecule has 0 atom stereocenters. The van der Waals surface area contributed by atoms with E-state index in [4.69, 9.17) is 9.47 Å². The number of nitrogens with one attached hydrogen (secondary N) is 1. The number of methoxy groups -OCH3 is 2. The number of carbonyl (C=O) groups excluding carboxylic acids is 1. The van der Waals surface area contributed by atoms with Crippen LogP contribution in [-0.2, 0) is 4.79 Å². The number of nitro groups is 1. The lowest BCUT2D eigenvalue weighted by atomic mass is 10.1. The molecule has 0 aliphatic carbocycles. The number of hydrogen-bond acceptors (Lipinski definition) is 7. The van der Waals surface area contributed by atoms with Crippen LogP contribution in [-0.4, -0.2) is 25.1 Å². The molecule has 0 fully saturated rings. The number of nitriles is 1. The van der Waals surface area contributed by atoms with Crippen LogP contribution in [0.4, 0.5) is 11.4 Å². The normalized spacial score (nSPS) is 10.6. The Morgan fingerprint density at radius 3 is 2.41 bits per heavy atom. The average Bonchev–Trinajstić information content (AvgIpc) is 2.67. The van der Waals surface area contributed by atoms with Crippen LogP contribution in [0.2, 0.25) is 0 Å². The molecule has 0 saturated carbocycles. The predicted octanol–water partition coefficient (Wildman–Crippen LogP) is 2.23. The Labute approximate surface area is 154 Å². The van der Waals surface area contributed by atoms with Crippen molar-refractivity contribution in [1.82, 2.24) is 0 Å². The van der Waals surface area contributed by atoms with E-state index in [0.717, 1.165) is 12.1 Å². The minimum Gasteiger partial charge on any atom is -0.865 e. The average molecular weight is 368 g/mol. The molecular formula is C18H14N3O6-. The molecule has 0 aliphatic rings. The van der Waals surface area contributed by atoms with Crippen molar-refractivity contribution in [3.8, 4) is 23.3 Å². The van der Waals surface area contributed by atoms with Crippen LogP contribution in [0.3, 0.4) is 0 Å².